The zero-order valence-corrected chi connectivity index (χ0v) is 14.3. The molecule has 0 radical (unpaired) electrons. The molecule has 0 aliphatic carbocycles. The van der Waals surface area contributed by atoms with Crippen molar-refractivity contribution in [3.05, 3.63) is 30.5 Å². The van der Waals surface area contributed by atoms with Crippen LogP contribution in [0.1, 0.15) is 12.8 Å². The van der Waals surface area contributed by atoms with E-state index < -0.39 is 0 Å². The van der Waals surface area contributed by atoms with Gasteiger partial charge in [0.15, 0.2) is 5.11 Å². The molecule has 2 N–H and O–H groups in total. The third-order valence-corrected chi connectivity index (χ3v) is 4.47. The summed E-state index contributed by atoms with van der Waals surface area (Å²) in [7, 11) is 3.81. The number of rotatable bonds is 3. The minimum Gasteiger partial charge on any atom is -0.494 e. The molecule has 3 rings (SSSR count). The third-order valence-electron chi connectivity index (χ3n) is 4.25. The van der Waals surface area contributed by atoms with Gasteiger partial charge in [0.25, 0.3) is 0 Å². The number of benzene rings is 1. The van der Waals surface area contributed by atoms with Gasteiger partial charge >= 0.3 is 0 Å². The van der Waals surface area contributed by atoms with Crippen LogP contribution in [-0.4, -0.2) is 48.3 Å². The summed E-state index contributed by atoms with van der Waals surface area (Å²) in [4.78, 5) is 6.75. The average Bonchev–Trinajstić information content (AvgIpc) is 2.57. The number of fused-ring (bicyclic) bond motifs is 1. The van der Waals surface area contributed by atoms with Gasteiger partial charge in [-0.25, -0.2) is 0 Å². The van der Waals surface area contributed by atoms with E-state index >= 15 is 0 Å². The van der Waals surface area contributed by atoms with Crippen LogP contribution < -0.4 is 15.4 Å². The van der Waals surface area contributed by atoms with E-state index in [2.05, 4.69) is 27.6 Å². The Bertz CT molecular complexity index is 698. The Morgan fingerprint density at radius 1 is 1.30 bits per heavy atom. The second-order valence-electron chi connectivity index (χ2n) is 5.89. The molecule has 23 heavy (non-hydrogen) atoms. The normalized spacial score (nSPS) is 16.3. The number of anilines is 1. The van der Waals surface area contributed by atoms with Crippen molar-refractivity contribution in [1.29, 1.82) is 0 Å². The Labute approximate surface area is 142 Å². The molecule has 1 aromatic carbocycles. The van der Waals surface area contributed by atoms with Crippen LogP contribution in [0.25, 0.3) is 10.9 Å². The van der Waals surface area contributed by atoms with Gasteiger partial charge in [-0.15, -0.1) is 0 Å². The fourth-order valence-corrected chi connectivity index (χ4v) is 3.19. The molecule has 1 saturated heterocycles. The van der Waals surface area contributed by atoms with Crippen molar-refractivity contribution in [3.8, 4) is 5.75 Å². The molecule has 1 fully saturated rings. The van der Waals surface area contributed by atoms with Crippen LogP contribution in [0.5, 0.6) is 5.75 Å². The van der Waals surface area contributed by atoms with Crippen molar-refractivity contribution in [2.24, 2.45) is 0 Å². The van der Waals surface area contributed by atoms with Crippen molar-refractivity contribution < 1.29 is 4.74 Å². The molecule has 1 aliphatic heterocycles. The largest absolute Gasteiger partial charge is 0.494 e. The molecule has 0 spiro atoms. The zero-order chi connectivity index (χ0) is 16.2. The molecule has 0 saturated carbocycles. The number of nitrogens with one attached hydrogen (secondary N) is 2. The molecule has 0 unspecified atom stereocenters. The second kappa shape index (κ2) is 7.10. The molecule has 2 aromatic rings. The van der Waals surface area contributed by atoms with Gasteiger partial charge in [0.1, 0.15) is 11.3 Å². The molecule has 122 valence electrons. The fraction of sp³-hybridized carbons (Fsp3) is 0.412. The highest BCUT2D eigenvalue weighted by atomic mass is 32.1. The van der Waals surface area contributed by atoms with E-state index in [4.69, 9.17) is 17.0 Å². The molecule has 6 heteroatoms. The molecule has 1 aliphatic rings. The van der Waals surface area contributed by atoms with E-state index in [0.717, 1.165) is 48.3 Å². The summed E-state index contributed by atoms with van der Waals surface area (Å²) in [5.41, 5.74) is 1.78. The lowest BCUT2D eigenvalue weighted by Crippen LogP contribution is -2.44. The SMILES string of the molecule is COc1ccc(NC(=S)NC2CCN(C)CC2)c2cccnc12. The van der Waals surface area contributed by atoms with Crippen LogP contribution in [0.3, 0.4) is 0 Å². The van der Waals surface area contributed by atoms with Crippen LogP contribution in [0, 0.1) is 0 Å². The summed E-state index contributed by atoms with van der Waals surface area (Å²) in [5.74, 6) is 0.764. The summed E-state index contributed by atoms with van der Waals surface area (Å²) in [6.07, 6.45) is 4.00. The number of hydrogen-bond acceptors (Lipinski definition) is 4. The van der Waals surface area contributed by atoms with Gasteiger partial charge in [0.05, 0.1) is 7.11 Å². The molecular formula is C17H22N4OS. The maximum absolute atomic E-state index is 5.48. The number of likely N-dealkylation sites (tertiary alicyclic amines) is 1. The van der Waals surface area contributed by atoms with Gasteiger partial charge in [0.2, 0.25) is 0 Å². The molecule has 0 bridgehead atoms. The lowest BCUT2D eigenvalue weighted by Gasteiger charge is -2.30. The van der Waals surface area contributed by atoms with E-state index in [-0.39, 0.29) is 0 Å². The molecule has 1 aromatic heterocycles. The second-order valence-corrected chi connectivity index (χ2v) is 6.30. The maximum Gasteiger partial charge on any atom is 0.171 e. The molecule has 5 nitrogen and oxygen atoms in total. The van der Waals surface area contributed by atoms with Crippen LogP contribution in [-0.2, 0) is 0 Å². The molecule has 0 amide bonds. The van der Waals surface area contributed by atoms with Crippen molar-refractivity contribution in [2.75, 3.05) is 32.6 Å². The summed E-state index contributed by atoms with van der Waals surface area (Å²) in [5, 5.41) is 8.39. The quantitative estimate of drug-likeness (QED) is 0.844. The Balaban J connectivity index is 1.72. The van der Waals surface area contributed by atoms with Crippen molar-refractivity contribution in [3.63, 3.8) is 0 Å². The lowest BCUT2D eigenvalue weighted by atomic mass is 10.1. The van der Waals surface area contributed by atoms with Gasteiger partial charge in [-0.2, -0.15) is 0 Å². The summed E-state index contributed by atoms with van der Waals surface area (Å²) >= 11 is 5.48. The summed E-state index contributed by atoms with van der Waals surface area (Å²) < 4.78 is 5.38. The van der Waals surface area contributed by atoms with Crippen LogP contribution in [0.2, 0.25) is 0 Å². The number of methoxy groups -OCH3 is 1. The van der Waals surface area contributed by atoms with E-state index in [9.17, 15) is 0 Å². The van der Waals surface area contributed by atoms with Gasteiger partial charge in [-0.3, -0.25) is 4.98 Å². The number of hydrogen-bond donors (Lipinski definition) is 2. The Hall–Kier alpha value is -1.92. The number of aromatic nitrogens is 1. The highest BCUT2D eigenvalue weighted by molar-refractivity contribution is 7.80. The molecule has 0 atom stereocenters. The molecular weight excluding hydrogens is 308 g/mol. The van der Waals surface area contributed by atoms with Crippen molar-refractivity contribution in [1.82, 2.24) is 15.2 Å². The Kier molecular flexibility index (Phi) is 4.93. The van der Waals surface area contributed by atoms with Crippen molar-refractivity contribution >= 4 is 33.9 Å². The molecule has 2 heterocycles. The number of pyridine rings is 1. The highest BCUT2D eigenvalue weighted by Gasteiger charge is 2.17. The summed E-state index contributed by atoms with van der Waals surface area (Å²) in [6, 6.07) is 8.27. The Morgan fingerprint density at radius 2 is 2.09 bits per heavy atom. The number of nitrogens with zero attached hydrogens (tertiary/aromatic N) is 2. The standard InChI is InChI=1S/C17H22N4OS/c1-21-10-7-12(8-11-21)19-17(23)20-14-5-6-15(22-2)16-13(14)4-3-9-18-16/h3-6,9,12H,7-8,10-11H2,1-2H3,(H2,19,20,23). The average molecular weight is 330 g/mol. The Morgan fingerprint density at radius 3 is 2.83 bits per heavy atom. The van der Waals surface area contributed by atoms with E-state index in [1.54, 1.807) is 13.3 Å². The maximum atomic E-state index is 5.48. The summed E-state index contributed by atoms with van der Waals surface area (Å²) in [6.45, 7) is 2.21. The van der Waals surface area contributed by atoms with Gasteiger partial charge in [0, 0.05) is 23.3 Å². The smallest absolute Gasteiger partial charge is 0.171 e. The van der Waals surface area contributed by atoms with Gasteiger partial charge < -0.3 is 20.3 Å². The van der Waals surface area contributed by atoms with Crippen LogP contribution >= 0.6 is 12.2 Å². The minimum atomic E-state index is 0.439. The third kappa shape index (κ3) is 3.71. The first kappa shape index (κ1) is 16.0. The lowest BCUT2D eigenvalue weighted by molar-refractivity contribution is 0.247. The topological polar surface area (TPSA) is 49.4 Å². The predicted molar refractivity (Wildman–Crippen MR) is 98.2 cm³/mol. The monoisotopic (exact) mass is 330 g/mol. The number of thiocarbonyl (C=S) groups is 1. The number of piperidine rings is 1. The highest BCUT2D eigenvalue weighted by Crippen LogP contribution is 2.29. The first-order valence-electron chi connectivity index (χ1n) is 7.85. The van der Waals surface area contributed by atoms with Crippen LogP contribution in [0.4, 0.5) is 5.69 Å². The van der Waals surface area contributed by atoms with Gasteiger partial charge in [-0.05, 0) is 69.5 Å². The first-order valence-corrected chi connectivity index (χ1v) is 8.26. The zero-order valence-electron chi connectivity index (χ0n) is 13.5. The van der Waals surface area contributed by atoms with Gasteiger partial charge in [-0.1, -0.05) is 0 Å². The van der Waals surface area contributed by atoms with E-state index in [0.29, 0.717) is 11.2 Å². The van der Waals surface area contributed by atoms with E-state index in [1.807, 2.05) is 24.3 Å². The fourth-order valence-electron chi connectivity index (χ4n) is 2.92. The number of ether oxygens (including phenoxy) is 1. The van der Waals surface area contributed by atoms with Crippen molar-refractivity contribution in [2.45, 2.75) is 18.9 Å². The minimum absolute atomic E-state index is 0.439. The van der Waals surface area contributed by atoms with Crippen LogP contribution in [0.15, 0.2) is 30.5 Å². The first-order chi connectivity index (χ1) is 11.2. The van der Waals surface area contributed by atoms with E-state index in [1.165, 1.54) is 0 Å². The predicted octanol–water partition coefficient (Wildman–Crippen LogP) is 2.62.